The number of esters is 1. The molecule has 1 unspecified atom stereocenters. The molecule has 1 aromatic rings. The summed E-state index contributed by atoms with van der Waals surface area (Å²) >= 11 is 0. The zero-order valence-electron chi connectivity index (χ0n) is 14.2. The van der Waals surface area contributed by atoms with Gasteiger partial charge in [-0.05, 0) is 37.1 Å². The van der Waals surface area contributed by atoms with Crippen molar-refractivity contribution in [3.05, 3.63) is 29.8 Å². The van der Waals surface area contributed by atoms with E-state index in [0.29, 0.717) is 5.69 Å². The standard InChI is InChI=1S/C17H21N3O4/c1-11(2)17(4,10-18)20-15(22)9-24-16(23)13-5-7-14(8-6-13)19-12(3)21/h5-8,11H,9H2,1-4H3,(H,19,21)(H,20,22). The smallest absolute Gasteiger partial charge is 0.338 e. The average molecular weight is 331 g/mol. The number of benzene rings is 1. The van der Waals surface area contributed by atoms with E-state index in [1.54, 1.807) is 19.1 Å². The van der Waals surface area contributed by atoms with Gasteiger partial charge in [0.25, 0.3) is 5.91 Å². The lowest BCUT2D eigenvalue weighted by Gasteiger charge is -2.27. The first-order chi connectivity index (χ1) is 11.2. The summed E-state index contributed by atoms with van der Waals surface area (Å²) in [7, 11) is 0. The maximum atomic E-state index is 11.9. The quantitative estimate of drug-likeness (QED) is 0.773. The van der Waals surface area contributed by atoms with E-state index in [2.05, 4.69) is 10.6 Å². The highest BCUT2D eigenvalue weighted by Gasteiger charge is 2.30. The number of carbonyl (C=O) groups excluding carboxylic acids is 3. The summed E-state index contributed by atoms with van der Waals surface area (Å²) in [6.45, 7) is 6.14. The zero-order valence-corrected chi connectivity index (χ0v) is 14.2. The number of amides is 2. The van der Waals surface area contributed by atoms with Gasteiger partial charge in [-0.2, -0.15) is 5.26 Å². The van der Waals surface area contributed by atoms with Crippen LogP contribution in [0.3, 0.4) is 0 Å². The van der Waals surface area contributed by atoms with Gasteiger partial charge in [-0.15, -0.1) is 0 Å². The maximum Gasteiger partial charge on any atom is 0.338 e. The topological polar surface area (TPSA) is 108 Å². The van der Waals surface area contributed by atoms with E-state index < -0.39 is 24.0 Å². The second kappa shape index (κ2) is 8.11. The Morgan fingerprint density at radius 2 is 1.83 bits per heavy atom. The Labute approximate surface area is 141 Å². The minimum Gasteiger partial charge on any atom is -0.452 e. The summed E-state index contributed by atoms with van der Waals surface area (Å²) in [5.41, 5.74) is -0.217. The molecule has 1 aromatic carbocycles. The monoisotopic (exact) mass is 331 g/mol. The van der Waals surface area contributed by atoms with Gasteiger partial charge in [0.2, 0.25) is 5.91 Å². The number of nitriles is 1. The number of nitrogens with zero attached hydrogens (tertiary/aromatic N) is 1. The highest BCUT2D eigenvalue weighted by Crippen LogP contribution is 2.15. The van der Waals surface area contributed by atoms with Crippen molar-refractivity contribution in [1.29, 1.82) is 5.26 Å². The predicted molar refractivity (Wildman–Crippen MR) is 88.0 cm³/mol. The van der Waals surface area contributed by atoms with Crippen LogP contribution in [0.2, 0.25) is 0 Å². The molecule has 7 heteroatoms. The van der Waals surface area contributed by atoms with Crippen LogP contribution >= 0.6 is 0 Å². The molecule has 0 aliphatic carbocycles. The van der Waals surface area contributed by atoms with Gasteiger partial charge in [0.1, 0.15) is 5.54 Å². The Balaban J connectivity index is 2.58. The summed E-state index contributed by atoms with van der Waals surface area (Å²) < 4.78 is 4.93. The molecule has 1 rings (SSSR count). The third kappa shape index (κ3) is 5.39. The van der Waals surface area contributed by atoms with E-state index in [-0.39, 0.29) is 17.4 Å². The first kappa shape index (κ1) is 19.2. The second-order valence-electron chi connectivity index (χ2n) is 5.85. The van der Waals surface area contributed by atoms with Crippen molar-refractivity contribution in [2.24, 2.45) is 5.92 Å². The molecular formula is C17H21N3O4. The molecule has 24 heavy (non-hydrogen) atoms. The third-order valence-corrected chi connectivity index (χ3v) is 3.56. The molecule has 128 valence electrons. The molecular weight excluding hydrogens is 310 g/mol. The Morgan fingerprint density at radius 3 is 2.29 bits per heavy atom. The van der Waals surface area contributed by atoms with Crippen molar-refractivity contribution in [2.75, 3.05) is 11.9 Å². The lowest BCUT2D eigenvalue weighted by molar-refractivity contribution is -0.125. The average Bonchev–Trinajstić information content (AvgIpc) is 2.52. The summed E-state index contributed by atoms with van der Waals surface area (Å²) in [4.78, 5) is 34.7. The van der Waals surface area contributed by atoms with Crippen LogP contribution in [0.25, 0.3) is 0 Å². The second-order valence-corrected chi connectivity index (χ2v) is 5.85. The van der Waals surface area contributed by atoms with E-state index in [1.807, 2.05) is 19.9 Å². The molecule has 0 aliphatic heterocycles. The van der Waals surface area contributed by atoms with Crippen molar-refractivity contribution in [1.82, 2.24) is 5.32 Å². The zero-order chi connectivity index (χ0) is 18.3. The van der Waals surface area contributed by atoms with E-state index in [0.717, 1.165) is 0 Å². The van der Waals surface area contributed by atoms with Crippen LogP contribution in [0.4, 0.5) is 5.69 Å². The summed E-state index contributed by atoms with van der Waals surface area (Å²) in [6, 6.07) is 8.13. The number of rotatable bonds is 6. The van der Waals surface area contributed by atoms with Crippen LogP contribution in [-0.4, -0.2) is 29.9 Å². The Morgan fingerprint density at radius 1 is 1.25 bits per heavy atom. The van der Waals surface area contributed by atoms with Crippen molar-refractivity contribution in [3.63, 3.8) is 0 Å². The van der Waals surface area contributed by atoms with Gasteiger partial charge in [0.15, 0.2) is 6.61 Å². The molecule has 0 heterocycles. The lowest BCUT2D eigenvalue weighted by atomic mass is 9.90. The number of ether oxygens (including phenoxy) is 1. The maximum absolute atomic E-state index is 11.9. The van der Waals surface area contributed by atoms with Gasteiger partial charge >= 0.3 is 5.97 Å². The van der Waals surface area contributed by atoms with Crippen LogP contribution in [0.1, 0.15) is 38.1 Å². The third-order valence-electron chi connectivity index (χ3n) is 3.56. The Hall–Kier alpha value is -2.88. The molecule has 2 amide bonds. The van der Waals surface area contributed by atoms with Crippen molar-refractivity contribution in [2.45, 2.75) is 33.2 Å². The number of anilines is 1. The first-order valence-electron chi connectivity index (χ1n) is 7.45. The van der Waals surface area contributed by atoms with E-state index in [4.69, 9.17) is 10.00 Å². The van der Waals surface area contributed by atoms with Crippen LogP contribution in [-0.2, 0) is 14.3 Å². The van der Waals surface area contributed by atoms with E-state index in [9.17, 15) is 14.4 Å². The predicted octanol–water partition coefficient (Wildman–Crippen LogP) is 1.86. The van der Waals surface area contributed by atoms with E-state index >= 15 is 0 Å². The molecule has 0 fully saturated rings. The summed E-state index contributed by atoms with van der Waals surface area (Å²) in [5.74, 6) is -1.52. The molecule has 0 saturated heterocycles. The largest absolute Gasteiger partial charge is 0.452 e. The molecule has 0 aliphatic rings. The van der Waals surface area contributed by atoms with Gasteiger partial charge in [-0.3, -0.25) is 9.59 Å². The molecule has 0 radical (unpaired) electrons. The van der Waals surface area contributed by atoms with Crippen LogP contribution in [0, 0.1) is 17.2 Å². The molecule has 0 spiro atoms. The van der Waals surface area contributed by atoms with Gasteiger partial charge in [-0.25, -0.2) is 4.79 Å². The van der Waals surface area contributed by atoms with Gasteiger partial charge in [0, 0.05) is 12.6 Å². The molecule has 7 nitrogen and oxygen atoms in total. The minimum absolute atomic E-state index is 0.0940. The fourth-order valence-corrected chi connectivity index (χ4v) is 1.73. The fourth-order valence-electron chi connectivity index (χ4n) is 1.73. The first-order valence-corrected chi connectivity index (χ1v) is 7.45. The van der Waals surface area contributed by atoms with Gasteiger partial charge in [-0.1, -0.05) is 13.8 Å². The molecule has 0 aromatic heterocycles. The Bertz CT molecular complexity index is 661. The normalized spacial score (nSPS) is 12.7. The van der Waals surface area contributed by atoms with Crippen LogP contribution in [0.15, 0.2) is 24.3 Å². The Kier molecular flexibility index (Phi) is 6.48. The highest BCUT2D eigenvalue weighted by molar-refractivity contribution is 5.93. The molecule has 2 N–H and O–H groups in total. The van der Waals surface area contributed by atoms with Crippen molar-refractivity contribution < 1.29 is 19.1 Å². The number of nitrogens with one attached hydrogen (secondary N) is 2. The SMILES string of the molecule is CC(=O)Nc1ccc(C(=O)OCC(=O)NC(C)(C#N)C(C)C)cc1. The highest BCUT2D eigenvalue weighted by atomic mass is 16.5. The van der Waals surface area contributed by atoms with Crippen LogP contribution in [0.5, 0.6) is 0 Å². The fraction of sp³-hybridized carbons (Fsp3) is 0.412. The molecule has 0 saturated carbocycles. The van der Waals surface area contributed by atoms with Crippen molar-refractivity contribution in [3.8, 4) is 6.07 Å². The summed E-state index contributed by atoms with van der Waals surface area (Å²) in [6.07, 6.45) is 0. The van der Waals surface area contributed by atoms with Gasteiger partial charge < -0.3 is 15.4 Å². The van der Waals surface area contributed by atoms with E-state index in [1.165, 1.54) is 19.1 Å². The number of carbonyl (C=O) groups is 3. The summed E-state index contributed by atoms with van der Waals surface area (Å²) in [5, 5.41) is 14.3. The van der Waals surface area contributed by atoms with Gasteiger partial charge in [0.05, 0.1) is 11.6 Å². The lowest BCUT2D eigenvalue weighted by Crippen LogP contribution is -2.50. The minimum atomic E-state index is -1.02. The van der Waals surface area contributed by atoms with Crippen molar-refractivity contribution >= 4 is 23.5 Å². The number of hydrogen-bond donors (Lipinski definition) is 2. The molecule has 0 bridgehead atoms. The molecule has 1 atom stereocenters. The number of hydrogen-bond acceptors (Lipinski definition) is 5. The van der Waals surface area contributed by atoms with Crippen LogP contribution < -0.4 is 10.6 Å².